The molecule has 0 radical (unpaired) electrons. The van der Waals surface area contributed by atoms with Gasteiger partial charge in [0.2, 0.25) is 0 Å². The number of hydrogen-bond donors (Lipinski definition) is 1. The summed E-state index contributed by atoms with van der Waals surface area (Å²) in [6, 6.07) is 3.47. The topological polar surface area (TPSA) is 52.3 Å². The van der Waals surface area contributed by atoms with Crippen LogP contribution in [-0.4, -0.2) is 17.6 Å². The second-order valence-corrected chi connectivity index (χ2v) is 5.50. The van der Waals surface area contributed by atoms with Crippen molar-refractivity contribution in [1.82, 2.24) is 0 Å². The van der Waals surface area contributed by atoms with Crippen LogP contribution in [0.15, 0.2) is 18.2 Å². The highest BCUT2D eigenvalue weighted by atomic mass is 35.5. The standard InChI is InChI=1S/C13H17ClFNO2/c1-13(2,3)18-12(17)11(16)7-8-4-5-10(15)9(14)6-8/h4-6,11H,7,16H2,1-3H3/t11-/m0/s1. The molecule has 1 aromatic carbocycles. The molecule has 0 heterocycles. The van der Waals surface area contributed by atoms with Crippen LogP contribution in [0.3, 0.4) is 0 Å². The number of esters is 1. The fraction of sp³-hybridized carbons (Fsp3) is 0.462. The number of nitrogens with two attached hydrogens (primary N) is 1. The van der Waals surface area contributed by atoms with E-state index >= 15 is 0 Å². The van der Waals surface area contributed by atoms with Gasteiger partial charge in [-0.1, -0.05) is 17.7 Å². The predicted molar refractivity (Wildman–Crippen MR) is 68.9 cm³/mol. The Labute approximate surface area is 111 Å². The van der Waals surface area contributed by atoms with Gasteiger partial charge in [0, 0.05) is 0 Å². The minimum Gasteiger partial charge on any atom is -0.459 e. The Balaban J connectivity index is 2.66. The van der Waals surface area contributed by atoms with E-state index in [4.69, 9.17) is 22.1 Å². The lowest BCUT2D eigenvalue weighted by Gasteiger charge is -2.22. The zero-order valence-corrected chi connectivity index (χ0v) is 11.4. The predicted octanol–water partition coefficient (Wildman–Crippen LogP) is 2.69. The first-order chi connectivity index (χ1) is 8.19. The van der Waals surface area contributed by atoms with E-state index in [1.54, 1.807) is 26.8 Å². The summed E-state index contributed by atoms with van der Waals surface area (Å²) >= 11 is 5.65. The molecule has 0 saturated carbocycles. The summed E-state index contributed by atoms with van der Waals surface area (Å²) in [6.07, 6.45) is 0.259. The van der Waals surface area contributed by atoms with Crippen molar-refractivity contribution in [3.05, 3.63) is 34.6 Å². The monoisotopic (exact) mass is 273 g/mol. The quantitative estimate of drug-likeness (QED) is 0.862. The molecule has 0 amide bonds. The summed E-state index contributed by atoms with van der Waals surface area (Å²) in [7, 11) is 0. The van der Waals surface area contributed by atoms with E-state index in [0.717, 1.165) is 0 Å². The fourth-order valence-electron chi connectivity index (χ4n) is 1.38. The second-order valence-electron chi connectivity index (χ2n) is 5.09. The molecule has 0 unspecified atom stereocenters. The number of hydrogen-bond acceptors (Lipinski definition) is 3. The van der Waals surface area contributed by atoms with Gasteiger partial charge in [0.05, 0.1) is 5.02 Å². The van der Waals surface area contributed by atoms with Crippen molar-refractivity contribution in [1.29, 1.82) is 0 Å². The summed E-state index contributed by atoms with van der Waals surface area (Å²) in [5, 5.41) is 0.0175. The van der Waals surface area contributed by atoms with Gasteiger partial charge >= 0.3 is 5.97 Å². The maximum absolute atomic E-state index is 13.0. The molecule has 5 heteroatoms. The first-order valence-corrected chi connectivity index (χ1v) is 5.99. The van der Waals surface area contributed by atoms with Crippen molar-refractivity contribution < 1.29 is 13.9 Å². The van der Waals surface area contributed by atoms with Crippen LogP contribution in [0.2, 0.25) is 5.02 Å². The Hall–Kier alpha value is -1.13. The van der Waals surface area contributed by atoms with Gasteiger partial charge in [0.15, 0.2) is 0 Å². The van der Waals surface area contributed by atoms with Crippen molar-refractivity contribution in [3.63, 3.8) is 0 Å². The minimum atomic E-state index is -0.786. The van der Waals surface area contributed by atoms with E-state index in [2.05, 4.69) is 0 Å². The van der Waals surface area contributed by atoms with Gasteiger partial charge in [-0.05, 0) is 44.9 Å². The molecule has 2 N–H and O–H groups in total. The molecular formula is C13H17ClFNO2. The first kappa shape index (κ1) is 14.9. The third-order valence-electron chi connectivity index (χ3n) is 2.15. The zero-order valence-electron chi connectivity index (χ0n) is 10.7. The molecule has 3 nitrogen and oxygen atoms in total. The van der Waals surface area contributed by atoms with Gasteiger partial charge < -0.3 is 10.5 Å². The SMILES string of the molecule is CC(C)(C)OC(=O)[C@@H](N)Cc1ccc(F)c(Cl)c1. The molecule has 0 bridgehead atoms. The molecule has 0 aliphatic rings. The molecule has 0 fully saturated rings. The maximum atomic E-state index is 13.0. The van der Waals surface area contributed by atoms with Crippen molar-refractivity contribution in [2.24, 2.45) is 5.73 Å². The molecule has 1 aromatic rings. The summed E-state index contributed by atoms with van der Waals surface area (Å²) in [6.45, 7) is 5.31. The molecule has 18 heavy (non-hydrogen) atoms. The Morgan fingerprint density at radius 1 is 1.50 bits per heavy atom. The highest BCUT2D eigenvalue weighted by molar-refractivity contribution is 6.30. The molecule has 1 atom stereocenters. The molecule has 1 rings (SSSR count). The lowest BCUT2D eigenvalue weighted by atomic mass is 10.1. The lowest BCUT2D eigenvalue weighted by molar-refractivity contribution is -0.156. The van der Waals surface area contributed by atoms with Crippen LogP contribution in [0, 0.1) is 5.82 Å². The number of carbonyl (C=O) groups excluding carboxylic acids is 1. The maximum Gasteiger partial charge on any atom is 0.323 e. The number of halogens is 2. The zero-order chi connectivity index (χ0) is 13.9. The average Bonchev–Trinajstić information content (AvgIpc) is 2.21. The summed E-state index contributed by atoms with van der Waals surface area (Å²) in [5.41, 5.74) is 5.85. The summed E-state index contributed by atoms with van der Waals surface area (Å²) in [5.74, 6) is -0.978. The summed E-state index contributed by atoms with van der Waals surface area (Å²) in [4.78, 5) is 11.7. The van der Waals surface area contributed by atoms with Crippen LogP contribution in [0.4, 0.5) is 4.39 Å². The molecule has 0 spiro atoms. The van der Waals surface area contributed by atoms with Gasteiger partial charge in [-0.3, -0.25) is 4.79 Å². The molecule has 0 aliphatic heterocycles. The molecular weight excluding hydrogens is 257 g/mol. The van der Waals surface area contributed by atoms with Crippen molar-refractivity contribution in [2.75, 3.05) is 0 Å². The van der Waals surface area contributed by atoms with Crippen molar-refractivity contribution in [2.45, 2.75) is 38.8 Å². The molecule has 0 saturated heterocycles. The number of rotatable bonds is 3. The van der Waals surface area contributed by atoms with E-state index in [1.165, 1.54) is 12.1 Å². The van der Waals surface area contributed by atoms with E-state index in [0.29, 0.717) is 5.56 Å². The van der Waals surface area contributed by atoms with Crippen LogP contribution in [0.25, 0.3) is 0 Å². The van der Waals surface area contributed by atoms with Crippen LogP contribution < -0.4 is 5.73 Å². The van der Waals surface area contributed by atoms with Gasteiger partial charge in [0.25, 0.3) is 0 Å². The Bertz CT molecular complexity index is 443. The highest BCUT2D eigenvalue weighted by Gasteiger charge is 2.22. The Kier molecular flexibility index (Phi) is 4.71. The fourth-order valence-corrected chi connectivity index (χ4v) is 1.58. The van der Waals surface area contributed by atoms with E-state index in [1.807, 2.05) is 0 Å². The molecule has 0 aliphatic carbocycles. The number of benzene rings is 1. The molecule has 100 valence electrons. The normalized spacial score (nSPS) is 13.2. The highest BCUT2D eigenvalue weighted by Crippen LogP contribution is 2.17. The Morgan fingerprint density at radius 3 is 2.61 bits per heavy atom. The third-order valence-corrected chi connectivity index (χ3v) is 2.44. The van der Waals surface area contributed by atoms with Crippen LogP contribution in [-0.2, 0) is 16.0 Å². The average molecular weight is 274 g/mol. The Morgan fingerprint density at radius 2 is 2.11 bits per heavy atom. The van der Waals surface area contributed by atoms with Crippen LogP contribution in [0.1, 0.15) is 26.3 Å². The van der Waals surface area contributed by atoms with E-state index in [-0.39, 0.29) is 11.4 Å². The van der Waals surface area contributed by atoms with Crippen LogP contribution >= 0.6 is 11.6 Å². The van der Waals surface area contributed by atoms with E-state index < -0.39 is 23.4 Å². The van der Waals surface area contributed by atoms with Crippen LogP contribution in [0.5, 0.6) is 0 Å². The molecule has 0 aromatic heterocycles. The van der Waals surface area contributed by atoms with Gasteiger partial charge in [-0.15, -0.1) is 0 Å². The first-order valence-electron chi connectivity index (χ1n) is 5.61. The summed E-state index contributed by atoms with van der Waals surface area (Å²) < 4.78 is 18.1. The van der Waals surface area contributed by atoms with Crippen molar-refractivity contribution in [3.8, 4) is 0 Å². The number of ether oxygens (including phenoxy) is 1. The van der Waals surface area contributed by atoms with Crippen molar-refractivity contribution >= 4 is 17.6 Å². The number of carbonyl (C=O) groups is 1. The smallest absolute Gasteiger partial charge is 0.323 e. The van der Waals surface area contributed by atoms with E-state index in [9.17, 15) is 9.18 Å². The second kappa shape index (κ2) is 5.67. The lowest BCUT2D eigenvalue weighted by Crippen LogP contribution is -2.38. The largest absolute Gasteiger partial charge is 0.459 e. The van der Waals surface area contributed by atoms with Gasteiger partial charge in [-0.2, -0.15) is 0 Å². The van der Waals surface area contributed by atoms with Gasteiger partial charge in [-0.25, -0.2) is 4.39 Å². The third kappa shape index (κ3) is 4.63. The van der Waals surface area contributed by atoms with Gasteiger partial charge in [0.1, 0.15) is 17.5 Å². The minimum absolute atomic E-state index is 0.0175.